The van der Waals surface area contributed by atoms with Crippen LogP contribution in [0.3, 0.4) is 0 Å². The van der Waals surface area contributed by atoms with Crippen LogP contribution in [0.5, 0.6) is 0 Å². The standard InChI is InChI=1S/C21H27ClN4/c1-25(2)17-10-12-26(13-11-17)21-18-8-3-4-9-19(18)23-20(24-21)15-6-5-7-16(22)14-15/h5-7,14,17H,3-4,8-13H2,1-2H3. The summed E-state index contributed by atoms with van der Waals surface area (Å²) < 4.78 is 0. The SMILES string of the molecule is CN(C)C1CCN(c2nc(-c3cccc(Cl)c3)nc3c2CCCC3)CC1. The molecule has 4 nitrogen and oxygen atoms in total. The maximum atomic E-state index is 6.20. The molecule has 2 heterocycles. The first kappa shape index (κ1) is 17.7. The zero-order valence-electron chi connectivity index (χ0n) is 15.7. The van der Waals surface area contributed by atoms with Gasteiger partial charge in [-0.2, -0.15) is 0 Å². The van der Waals surface area contributed by atoms with Crippen LogP contribution in [-0.2, 0) is 12.8 Å². The van der Waals surface area contributed by atoms with Crippen LogP contribution in [0.2, 0.25) is 5.02 Å². The molecule has 5 heteroatoms. The highest BCUT2D eigenvalue weighted by atomic mass is 35.5. The lowest BCUT2D eigenvalue weighted by Crippen LogP contribution is -2.42. The van der Waals surface area contributed by atoms with Crippen LogP contribution in [-0.4, -0.2) is 48.1 Å². The van der Waals surface area contributed by atoms with Crippen molar-refractivity contribution in [1.82, 2.24) is 14.9 Å². The Hall–Kier alpha value is -1.65. The summed E-state index contributed by atoms with van der Waals surface area (Å²) in [5, 5.41) is 0.733. The number of halogens is 1. The van der Waals surface area contributed by atoms with Crippen molar-refractivity contribution in [2.75, 3.05) is 32.1 Å². The monoisotopic (exact) mass is 370 g/mol. The van der Waals surface area contributed by atoms with E-state index in [-0.39, 0.29) is 0 Å². The molecule has 1 aromatic heterocycles. The fourth-order valence-electron chi connectivity index (χ4n) is 4.19. The van der Waals surface area contributed by atoms with Crippen molar-refractivity contribution in [2.24, 2.45) is 0 Å². The van der Waals surface area contributed by atoms with Gasteiger partial charge in [0.15, 0.2) is 5.82 Å². The van der Waals surface area contributed by atoms with Gasteiger partial charge in [-0.05, 0) is 64.8 Å². The van der Waals surface area contributed by atoms with E-state index in [4.69, 9.17) is 21.6 Å². The van der Waals surface area contributed by atoms with E-state index in [0.717, 1.165) is 42.3 Å². The van der Waals surface area contributed by atoms with E-state index in [0.29, 0.717) is 6.04 Å². The molecule has 138 valence electrons. The molecule has 4 rings (SSSR count). The second-order valence-electron chi connectivity index (χ2n) is 7.70. The Morgan fingerprint density at radius 2 is 1.85 bits per heavy atom. The van der Waals surface area contributed by atoms with Gasteiger partial charge in [-0.15, -0.1) is 0 Å². The average Bonchev–Trinajstić information content (AvgIpc) is 2.67. The molecule has 0 radical (unpaired) electrons. The molecular weight excluding hydrogens is 344 g/mol. The first-order valence-electron chi connectivity index (χ1n) is 9.69. The van der Waals surface area contributed by atoms with Crippen molar-refractivity contribution in [1.29, 1.82) is 0 Å². The fourth-order valence-corrected chi connectivity index (χ4v) is 4.38. The van der Waals surface area contributed by atoms with E-state index in [1.165, 1.54) is 42.8 Å². The third-order valence-corrected chi connectivity index (χ3v) is 5.97. The average molecular weight is 371 g/mol. The van der Waals surface area contributed by atoms with Crippen LogP contribution in [0.25, 0.3) is 11.4 Å². The Bertz CT molecular complexity index is 782. The van der Waals surface area contributed by atoms with Crippen molar-refractivity contribution in [2.45, 2.75) is 44.6 Å². The van der Waals surface area contributed by atoms with Gasteiger partial charge in [0.2, 0.25) is 0 Å². The van der Waals surface area contributed by atoms with Gasteiger partial charge in [0.1, 0.15) is 5.82 Å². The lowest BCUT2D eigenvalue weighted by molar-refractivity contribution is 0.249. The van der Waals surface area contributed by atoms with E-state index in [1.54, 1.807) is 0 Å². The summed E-state index contributed by atoms with van der Waals surface area (Å²) >= 11 is 6.20. The van der Waals surface area contributed by atoms with Gasteiger partial charge >= 0.3 is 0 Å². The van der Waals surface area contributed by atoms with Crippen LogP contribution in [0.15, 0.2) is 24.3 Å². The first-order chi connectivity index (χ1) is 12.6. The van der Waals surface area contributed by atoms with Gasteiger partial charge in [0.05, 0.1) is 0 Å². The summed E-state index contributed by atoms with van der Waals surface area (Å²) in [7, 11) is 4.37. The molecule has 0 amide bonds. The van der Waals surface area contributed by atoms with Crippen molar-refractivity contribution in [3.05, 3.63) is 40.5 Å². The Kier molecular flexibility index (Phi) is 5.14. The lowest BCUT2D eigenvalue weighted by atomic mass is 9.94. The zero-order valence-corrected chi connectivity index (χ0v) is 16.5. The van der Waals surface area contributed by atoms with E-state index in [9.17, 15) is 0 Å². The molecule has 1 saturated heterocycles. The van der Waals surface area contributed by atoms with Crippen molar-refractivity contribution < 1.29 is 0 Å². The van der Waals surface area contributed by atoms with E-state index in [2.05, 4.69) is 30.0 Å². The molecule has 0 spiro atoms. The Morgan fingerprint density at radius 3 is 2.58 bits per heavy atom. The summed E-state index contributed by atoms with van der Waals surface area (Å²) in [5.74, 6) is 1.99. The summed E-state index contributed by atoms with van der Waals surface area (Å²) in [6.45, 7) is 2.14. The molecule has 2 aromatic rings. The van der Waals surface area contributed by atoms with Gasteiger partial charge in [0, 0.05) is 41.0 Å². The summed E-state index contributed by atoms with van der Waals surface area (Å²) in [5.41, 5.74) is 3.63. The highest BCUT2D eigenvalue weighted by Gasteiger charge is 2.26. The summed E-state index contributed by atoms with van der Waals surface area (Å²) in [6.07, 6.45) is 7.02. The third-order valence-electron chi connectivity index (χ3n) is 5.74. The van der Waals surface area contributed by atoms with Crippen LogP contribution in [0.1, 0.15) is 36.9 Å². The minimum atomic E-state index is 0.677. The van der Waals surface area contributed by atoms with E-state index in [1.807, 2.05) is 18.2 Å². The fraction of sp³-hybridized carbons (Fsp3) is 0.524. The molecule has 0 bridgehead atoms. The molecule has 0 saturated carbocycles. The van der Waals surface area contributed by atoms with E-state index < -0.39 is 0 Å². The number of anilines is 1. The van der Waals surface area contributed by atoms with Crippen molar-refractivity contribution >= 4 is 17.4 Å². The Morgan fingerprint density at radius 1 is 1.08 bits per heavy atom. The van der Waals surface area contributed by atoms with Gasteiger partial charge in [0.25, 0.3) is 0 Å². The highest BCUT2D eigenvalue weighted by molar-refractivity contribution is 6.30. The predicted molar refractivity (Wildman–Crippen MR) is 108 cm³/mol. The first-order valence-corrected chi connectivity index (χ1v) is 10.1. The number of fused-ring (bicyclic) bond motifs is 1. The topological polar surface area (TPSA) is 32.3 Å². The molecule has 0 unspecified atom stereocenters. The maximum Gasteiger partial charge on any atom is 0.161 e. The number of hydrogen-bond acceptors (Lipinski definition) is 4. The molecule has 26 heavy (non-hydrogen) atoms. The summed E-state index contributed by atoms with van der Waals surface area (Å²) in [6, 6.07) is 8.57. The molecule has 0 N–H and O–H groups in total. The number of benzene rings is 1. The molecule has 1 fully saturated rings. The number of piperidine rings is 1. The molecule has 1 aliphatic heterocycles. The normalized spacial score (nSPS) is 18.2. The highest BCUT2D eigenvalue weighted by Crippen LogP contribution is 2.32. The van der Waals surface area contributed by atoms with Crippen LogP contribution >= 0.6 is 11.6 Å². The number of nitrogens with zero attached hydrogens (tertiary/aromatic N) is 4. The predicted octanol–water partition coefficient (Wildman–Crippen LogP) is 4.21. The van der Waals surface area contributed by atoms with Gasteiger partial charge in [-0.25, -0.2) is 9.97 Å². The number of hydrogen-bond donors (Lipinski definition) is 0. The van der Waals surface area contributed by atoms with Crippen molar-refractivity contribution in [3.63, 3.8) is 0 Å². The molecule has 1 aromatic carbocycles. The Labute approximate surface area is 161 Å². The quantitative estimate of drug-likeness (QED) is 0.810. The minimum Gasteiger partial charge on any atom is -0.356 e. The molecule has 0 atom stereocenters. The zero-order chi connectivity index (χ0) is 18.1. The second-order valence-corrected chi connectivity index (χ2v) is 8.13. The van der Waals surface area contributed by atoms with Gasteiger partial charge in [-0.3, -0.25) is 0 Å². The van der Waals surface area contributed by atoms with Gasteiger partial charge in [-0.1, -0.05) is 23.7 Å². The third kappa shape index (κ3) is 3.58. The molecular formula is C21H27ClN4. The molecule has 1 aliphatic carbocycles. The molecule has 2 aliphatic rings. The van der Waals surface area contributed by atoms with Crippen LogP contribution < -0.4 is 4.90 Å². The number of rotatable bonds is 3. The Balaban J connectivity index is 1.70. The lowest BCUT2D eigenvalue weighted by Gasteiger charge is -2.37. The van der Waals surface area contributed by atoms with Crippen LogP contribution in [0, 0.1) is 0 Å². The second kappa shape index (κ2) is 7.53. The van der Waals surface area contributed by atoms with Crippen molar-refractivity contribution in [3.8, 4) is 11.4 Å². The van der Waals surface area contributed by atoms with Crippen LogP contribution in [0.4, 0.5) is 5.82 Å². The largest absolute Gasteiger partial charge is 0.356 e. The van der Waals surface area contributed by atoms with Gasteiger partial charge < -0.3 is 9.80 Å². The summed E-state index contributed by atoms with van der Waals surface area (Å²) in [4.78, 5) is 14.8. The maximum absolute atomic E-state index is 6.20. The number of aryl methyl sites for hydroxylation is 1. The number of aromatic nitrogens is 2. The minimum absolute atomic E-state index is 0.677. The van der Waals surface area contributed by atoms with E-state index >= 15 is 0 Å². The smallest absolute Gasteiger partial charge is 0.161 e.